The molecule has 1 aromatic carbocycles. The van der Waals surface area contributed by atoms with Crippen molar-refractivity contribution >= 4 is 32.6 Å². The first kappa shape index (κ1) is 19.9. The van der Waals surface area contributed by atoms with Crippen LogP contribution in [0.2, 0.25) is 0 Å². The average molecular weight is 422 g/mol. The number of rotatable bonds is 6. The van der Waals surface area contributed by atoms with Gasteiger partial charge in [0.2, 0.25) is 0 Å². The van der Waals surface area contributed by atoms with Crippen molar-refractivity contribution in [2.45, 2.75) is 13.3 Å². The summed E-state index contributed by atoms with van der Waals surface area (Å²) in [5.41, 5.74) is 0.202. The maximum atomic E-state index is 14.1. The number of anilines is 1. The van der Waals surface area contributed by atoms with Crippen LogP contribution < -0.4 is 4.90 Å². The number of fused-ring (bicyclic) bond motifs is 1. The highest BCUT2D eigenvalue weighted by Gasteiger charge is 2.25. The van der Waals surface area contributed by atoms with Crippen LogP contribution in [0.5, 0.6) is 0 Å². The Morgan fingerprint density at radius 3 is 2.79 bits per heavy atom. The number of hydrogen-bond acceptors (Lipinski definition) is 7. The van der Waals surface area contributed by atoms with Crippen LogP contribution in [0.1, 0.15) is 22.7 Å². The van der Waals surface area contributed by atoms with E-state index in [1.54, 1.807) is 13.0 Å². The molecule has 0 N–H and O–H groups in total. The van der Waals surface area contributed by atoms with Gasteiger partial charge in [0.15, 0.2) is 16.6 Å². The Kier molecular flexibility index (Phi) is 5.84. The number of carbonyl (C=O) groups is 1. The number of aryl methyl sites for hydroxylation is 1. The van der Waals surface area contributed by atoms with Gasteiger partial charge in [-0.2, -0.15) is 0 Å². The molecule has 29 heavy (non-hydrogen) atoms. The second kappa shape index (κ2) is 8.52. The summed E-state index contributed by atoms with van der Waals surface area (Å²) in [6.07, 6.45) is 0.690. The quantitative estimate of drug-likeness (QED) is 0.607. The van der Waals surface area contributed by atoms with Gasteiger partial charge in [0.05, 0.1) is 17.9 Å². The fraction of sp³-hybridized carbons (Fsp3) is 0.421. The molecule has 154 valence electrons. The van der Waals surface area contributed by atoms with E-state index >= 15 is 0 Å². The second-order valence-electron chi connectivity index (χ2n) is 6.82. The van der Waals surface area contributed by atoms with E-state index in [1.165, 1.54) is 11.0 Å². The largest absolute Gasteiger partial charge is 0.379 e. The number of aromatic nitrogens is 2. The lowest BCUT2D eigenvalue weighted by atomic mass is 10.3. The summed E-state index contributed by atoms with van der Waals surface area (Å²) in [6, 6.07) is 3.55. The Balaban J connectivity index is 1.58. The predicted octanol–water partition coefficient (Wildman–Crippen LogP) is 3.24. The summed E-state index contributed by atoms with van der Waals surface area (Å²) in [6.45, 7) is 5.95. The van der Waals surface area contributed by atoms with Crippen molar-refractivity contribution in [2.24, 2.45) is 0 Å². The number of amides is 1. The predicted molar refractivity (Wildman–Crippen MR) is 104 cm³/mol. The van der Waals surface area contributed by atoms with Gasteiger partial charge in [-0.3, -0.25) is 14.6 Å². The van der Waals surface area contributed by atoms with Crippen molar-refractivity contribution in [3.63, 3.8) is 0 Å². The maximum Gasteiger partial charge on any atom is 0.282 e. The zero-order chi connectivity index (χ0) is 20.4. The monoisotopic (exact) mass is 422 g/mol. The van der Waals surface area contributed by atoms with Gasteiger partial charge in [-0.25, -0.2) is 13.8 Å². The minimum absolute atomic E-state index is 0.0497. The van der Waals surface area contributed by atoms with Crippen LogP contribution in [0.3, 0.4) is 0 Å². The number of thiazole rings is 1. The topological polar surface area (TPSA) is 71.7 Å². The molecule has 0 radical (unpaired) electrons. The van der Waals surface area contributed by atoms with Gasteiger partial charge in [-0.15, -0.1) is 0 Å². The first-order chi connectivity index (χ1) is 14.0. The Labute approximate surface area is 169 Å². The highest BCUT2D eigenvalue weighted by molar-refractivity contribution is 7.22. The number of carbonyl (C=O) groups excluding carboxylic acids is 1. The first-order valence-electron chi connectivity index (χ1n) is 9.32. The van der Waals surface area contributed by atoms with Crippen LogP contribution in [-0.4, -0.2) is 60.3 Å². The molecule has 0 spiro atoms. The molecule has 10 heteroatoms. The van der Waals surface area contributed by atoms with E-state index in [0.717, 1.165) is 37.0 Å². The van der Waals surface area contributed by atoms with Crippen LogP contribution in [0.25, 0.3) is 10.2 Å². The van der Waals surface area contributed by atoms with Crippen molar-refractivity contribution in [1.29, 1.82) is 0 Å². The zero-order valence-electron chi connectivity index (χ0n) is 15.9. The van der Waals surface area contributed by atoms with Crippen molar-refractivity contribution in [1.82, 2.24) is 15.0 Å². The molecule has 4 rings (SSSR count). The molecule has 3 aromatic rings. The van der Waals surface area contributed by atoms with Crippen LogP contribution in [-0.2, 0) is 4.74 Å². The fourth-order valence-electron chi connectivity index (χ4n) is 3.23. The molecule has 1 fully saturated rings. The standard InChI is InChI=1S/C19H20F2N4O3S/c1-12-9-15(23-28-12)18(26)25(4-2-3-24-5-7-27-8-6-24)19-22-17-14(21)10-13(20)11-16(17)29-19/h9-11H,2-8H2,1H3. The van der Waals surface area contributed by atoms with Crippen molar-refractivity contribution in [3.8, 4) is 0 Å². The van der Waals surface area contributed by atoms with Crippen LogP contribution in [0, 0.1) is 18.6 Å². The fourth-order valence-corrected chi connectivity index (χ4v) is 4.26. The Morgan fingerprint density at radius 2 is 2.07 bits per heavy atom. The first-order valence-corrected chi connectivity index (χ1v) is 10.1. The number of ether oxygens (including phenoxy) is 1. The van der Waals surface area contributed by atoms with Crippen molar-refractivity contribution in [3.05, 3.63) is 41.3 Å². The number of morpholine rings is 1. The molecule has 7 nitrogen and oxygen atoms in total. The minimum Gasteiger partial charge on any atom is -0.379 e. The van der Waals surface area contributed by atoms with Crippen molar-refractivity contribution in [2.75, 3.05) is 44.3 Å². The van der Waals surface area contributed by atoms with Gasteiger partial charge in [0, 0.05) is 38.3 Å². The molecule has 1 saturated heterocycles. The Bertz CT molecular complexity index is 1020. The van der Waals surface area contributed by atoms with Gasteiger partial charge in [0.1, 0.15) is 17.1 Å². The molecule has 1 aliphatic heterocycles. The summed E-state index contributed by atoms with van der Waals surface area (Å²) >= 11 is 1.07. The second-order valence-corrected chi connectivity index (χ2v) is 7.83. The van der Waals surface area contributed by atoms with Gasteiger partial charge >= 0.3 is 0 Å². The lowest BCUT2D eigenvalue weighted by Gasteiger charge is -2.27. The molecule has 1 aliphatic rings. The molecular formula is C19H20F2N4O3S. The van der Waals surface area contributed by atoms with Gasteiger partial charge in [0.25, 0.3) is 5.91 Å². The van der Waals surface area contributed by atoms with Crippen LogP contribution in [0.4, 0.5) is 13.9 Å². The summed E-state index contributed by atoms with van der Waals surface area (Å²) in [4.78, 5) is 21.0. The molecule has 0 atom stereocenters. The van der Waals surface area contributed by atoms with E-state index < -0.39 is 11.6 Å². The molecule has 0 unspecified atom stereocenters. The maximum absolute atomic E-state index is 14.1. The van der Waals surface area contributed by atoms with Crippen LogP contribution >= 0.6 is 11.3 Å². The molecular weight excluding hydrogens is 402 g/mol. The summed E-state index contributed by atoms with van der Waals surface area (Å²) in [5.74, 6) is -1.30. The summed E-state index contributed by atoms with van der Waals surface area (Å²) < 4.78 is 38.4. The minimum atomic E-state index is -0.750. The van der Waals surface area contributed by atoms with E-state index in [9.17, 15) is 13.6 Å². The molecule has 2 aromatic heterocycles. The summed E-state index contributed by atoms with van der Waals surface area (Å²) in [7, 11) is 0. The lowest BCUT2D eigenvalue weighted by molar-refractivity contribution is 0.0376. The molecule has 1 amide bonds. The summed E-state index contributed by atoms with van der Waals surface area (Å²) in [5, 5.41) is 4.10. The highest BCUT2D eigenvalue weighted by Crippen LogP contribution is 2.32. The third-order valence-corrected chi connectivity index (χ3v) is 5.71. The number of nitrogens with zero attached hydrogens (tertiary/aromatic N) is 4. The number of halogens is 2. The molecule has 0 aliphatic carbocycles. The molecule has 3 heterocycles. The van der Waals surface area contributed by atoms with Gasteiger partial charge in [-0.05, 0) is 19.4 Å². The van der Waals surface area contributed by atoms with Crippen molar-refractivity contribution < 1.29 is 22.8 Å². The van der Waals surface area contributed by atoms with Gasteiger partial charge < -0.3 is 9.26 Å². The number of hydrogen-bond donors (Lipinski definition) is 0. The van der Waals surface area contributed by atoms with Gasteiger partial charge in [-0.1, -0.05) is 16.5 Å². The zero-order valence-corrected chi connectivity index (χ0v) is 16.7. The SMILES string of the molecule is Cc1cc(C(=O)N(CCCN2CCOCC2)c2nc3c(F)cc(F)cc3s2)no1. The smallest absolute Gasteiger partial charge is 0.282 e. The molecule has 0 saturated carbocycles. The Hall–Kier alpha value is -2.43. The van der Waals surface area contributed by atoms with E-state index in [4.69, 9.17) is 9.26 Å². The van der Waals surface area contributed by atoms with E-state index in [1.807, 2.05) is 0 Å². The third-order valence-electron chi connectivity index (χ3n) is 4.68. The highest BCUT2D eigenvalue weighted by atomic mass is 32.1. The van der Waals surface area contributed by atoms with E-state index in [-0.39, 0.29) is 17.1 Å². The Morgan fingerprint density at radius 1 is 1.28 bits per heavy atom. The number of benzene rings is 1. The average Bonchev–Trinajstić information content (AvgIpc) is 3.32. The van der Waals surface area contributed by atoms with Crippen LogP contribution in [0.15, 0.2) is 22.7 Å². The van der Waals surface area contributed by atoms with E-state index in [0.29, 0.717) is 41.8 Å². The normalized spacial score (nSPS) is 15.1. The van der Waals surface area contributed by atoms with E-state index in [2.05, 4.69) is 15.0 Å². The third kappa shape index (κ3) is 4.44. The lowest BCUT2D eigenvalue weighted by Crippen LogP contribution is -2.39. The molecule has 0 bridgehead atoms.